The molecule has 0 spiro atoms. The van der Waals surface area contributed by atoms with Crippen LogP contribution in [0.3, 0.4) is 0 Å². The molecule has 62 heavy (non-hydrogen) atoms. The maximum absolute atomic E-state index is 6.13. The predicted molar refractivity (Wildman–Crippen MR) is 270 cm³/mol. The van der Waals surface area contributed by atoms with Gasteiger partial charge in [-0.2, -0.15) is 0 Å². The Kier molecular flexibility index (Phi) is 9.11. The number of hydrogen-bond acceptors (Lipinski definition) is 0. The summed E-state index contributed by atoms with van der Waals surface area (Å²) in [6.45, 7) is 6.51. The highest BCUT2D eigenvalue weighted by Gasteiger charge is 2.19. The van der Waals surface area contributed by atoms with Gasteiger partial charge in [0.2, 0.25) is 0 Å². The molecule has 0 fully saturated rings. The zero-order valence-corrected chi connectivity index (χ0v) is 34.6. The van der Waals surface area contributed by atoms with E-state index >= 15 is 0 Å². The van der Waals surface area contributed by atoms with Crippen molar-refractivity contribution in [3.8, 4) is 34.6 Å². The van der Waals surface area contributed by atoms with Crippen LogP contribution in [0, 0.1) is 12.3 Å². The third-order valence-electron chi connectivity index (χ3n) is 12.8. The Hall–Kier alpha value is -7.98. The van der Waals surface area contributed by atoms with Gasteiger partial charge in [-0.25, -0.2) is 0 Å². The van der Waals surface area contributed by atoms with E-state index in [1.54, 1.807) is 0 Å². The average Bonchev–Trinajstić information content (AvgIpc) is 3.32. The minimum absolute atomic E-state index is 0.756. The summed E-state index contributed by atoms with van der Waals surface area (Å²) in [5.41, 5.74) is 14.0. The van der Waals surface area contributed by atoms with Crippen LogP contribution in [0.15, 0.2) is 206 Å². The van der Waals surface area contributed by atoms with E-state index in [1.165, 1.54) is 92.8 Å². The van der Waals surface area contributed by atoms with Crippen molar-refractivity contribution in [2.75, 3.05) is 0 Å². The topological polar surface area (TPSA) is 0 Å². The molecule has 0 atom stereocenters. The number of hydrogen-bond donors (Lipinski definition) is 0. The lowest BCUT2D eigenvalue weighted by molar-refractivity contribution is 1.27. The Morgan fingerprint density at radius 3 is 1.85 bits per heavy atom. The first-order valence-corrected chi connectivity index (χ1v) is 21.4. The summed E-state index contributed by atoms with van der Waals surface area (Å²) in [7, 11) is 0. The van der Waals surface area contributed by atoms with Crippen molar-refractivity contribution >= 4 is 83.2 Å². The molecule has 0 amide bonds. The van der Waals surface area contributed by atoms with Gasteiger partial charge in [0.1, 0.15) is 0 Å². The second-order valence-electron chi connectivity index (χ2n) is 16.3. The van der Waals surface area contributed by atoms with Gasteiger partial charge < -0.3 is 0 Å². The molecule has 10 aromatic rings. The van der Waals surface area contributed by atoms with Crippen molar-refractivity contribution in [1.29, 1.82) is 0 Å². The van der Waals surface area contributed by atoms with Crippen LogP contribution in [-0.2, 0) is 0 Å². The maximum Gasteiger partial charge on any atom is -0.00190 e. The van der Waals surface area contributed by atoms with E-state index in [2.05, 4.69) is 220 Å². The zero-order chi connectivity index (χ0) is 41.7. The summed E-state index contributed by atoms with van der Waals surface area (Å²) in [4.78, 5) is 0. The Morgan fingerprint density at radius 1 is 0.548 bits per heavy atom. The van der Waals surface area contributed by atoms with E-state index in [-0.39, 0.29) is 0 Å². The fourth-order valence-corrected chi connectivity index (χ4v) is 9.97. The van der Waals surface area contributed by atoms with Gasteiger partial charge >= 0.3 is 0 Å². The molecule has 0 N–H and O–H groups in total. The van der Waals surface area contributed by atoms with Gasteiger partial charge in [0.05, 0.1) is 0 Å². The number of allylic oxidation sites excluding steroid dienone is 9. The smallest absolute Gasteiger partial charge is 0.00190 e. The minimum Gasteiger partial charge on any atom is -0.115 e. The van der Waals surface area contributed by atoms with Gasteiger partial charge in [-0.15, -0.1) is 6.42 Å². The lowest BCUT2D eigenvalue weighted by atomic mass is 9.83. The van der Waals surface area contributed by atoms with Crippen molar-refractivity contribution < 1.29 is 0 Å². The van der Waals surface area contributed by atoms with Gasteiger partial charge in [0.25, 0.3) is 0 Å². The van der Waals surface area contributed by atoms with Crippen LogP contribution in [0.4, 0.5) is 0 Å². The fourth-order valence-electron chi connectivity index (χ4n) is 9.97. The van der Waals surface area contributed by atoms with Crippen LogP contribution in [-0.4, -0.2) is 0 Å². The molecule has 0 nitrogen and oxygen atoms in total. The highest BCUT2D eigenvalue weighted by molar-refractivity contribution is 6.25. The summed E-state index contributed by atoms with van der Waals surface area (Å²) < 4.78 is 0. The van der Waals surface area contributed by atoms with Crippen LogP contribution in [0.2, 0.25) is 0 Å². The van der Waals surface area contributed by atoms with Gasteiger partial charge in [0.15, 0.2) is 0 Å². The number of benzene rings is 10. The third-order valence-corrected chi connectivity index (χ3v) is 12.8. The predicted octanol–water partition coefficient (Wildman–Crippen LogP) is 15.9. The highest BCUT2D eigenvalue weighted by atomic mass is 14.2. The molecule has 0 radical (unpaired) electrons. The van der Waals surface area contributed by atoms with Crippen LogP contribution >= 0.6 is 0 Å². The van der Waals surface area contributed by atoms with E-state index in [9.17, 15) is 0 Å². The SMILES string of the molecule is C#C/C=C(\C(=C1\C=CC(c2cccc(-c3ccc4ccc5cccc6ccc3c4c56)c2)=CC1)c1cccc(-c2ccc3ccc(/C=C\C)c4c(=C)ccc2c34)c1)c1ccccc1. The Balaban J connectivity index is 1.02. The fraction of sp³-hybridized carbons (Fsp3) is 0.0323. The first-order valence-electron chi connectivity index (χ1n) is 21.4. The average molecular weight is 787 g/mol. The molecule has 0 saturated carbocycles. The summed E-state index contributed by atoms with van der Waals surface area (Å²) in [6.07, 6.45) is 20.0. The standard InChI is InChI=1S/C62H42/c1-4-12-43-27-29-47-31-35-54(56-34-22-40(3)58(43)61(47)56)51-20-11-21-52(39-51)59(55(13-5-2)42-14-7-6-8-15-42)46-25-23-41(24-26-46)49-18-10-19-50(38-49)53-36-32-48-30-28-44-16-9-17-45-33-37-57(53)62(48)60(44)45/h2,4,6-25,27-39H,3,26H2,1H3/b12-4-,55-13-,59-46-. The van der Waals surface area contributed by atoms with E-state index in [0.717, 1.165) is 39.5 Å². The molecule has 0 heterocycles. The molecule has 10 aromatic carbocycles. The van der Waals surface area contributed by atoms with E-state index in [4.69, 9.17) is 6.42 Å². The van der Waals surface area contributed by atoms with Gasteiger partial charge in [-0.05, 0) is 157 Å². The monoisotopic (exact) mass is 786 g/mol. The second kappa shape index (κ2) is 15.2. The molecule has 1 aliphatic rings. The molecule has 0 aliphatic heterocycles. The van der Waals surface area contributed by atoms with Gasteiger partial charge in [0, 0.05) is 0 Å². The Labute approximate surface area is 362 Å². The highest BCUT2D eigenvalue weighted by Crippen LogP contribution is 2.43. The lowest BCUT2D eigenvalue weighted by Gasteiger charge is -2.20. The van der Waals surface area contributed by atoms with Crippen molar-refractivity contribution in [2.24, 2.45) is 0 Å². The molecule has 0 heteroatoms. The summed E-state index contributed by atoms with van der Waals surface area (Å²) in [6, 6.07) is 62.1. The molecule has 0 aromatic heterocycles. The summed E-state index contributed by atoms with van der Waals surface area (Å²) in [5.74, 6) is 2.90. The van der Waals surface area contributed by atoms with Crippen LogP contribution in [0.1, 0.15) is 35.6 Å². The Morgan fingerprint density at radius 2 is 1.15 bits per heavy atom. The first kappa shape index (κ1) is 37.1. The van der Waals surface area contributed by atoms with Gasteiger partial charge in [-0.1, -0.05) is 201 Å². The zero-order valence-electron chi connectivity index (χ0n) is 34.6. The van der Waals surface area contributed by atoms with Crippen molar-refractivity contribution in [3.05, 3.63) is 233 Å². The molecular weight excluding hydrogens is 745 g/mol. The number of terminal acetylenes is 1. The van der Waals surface area contributed by atoms with Crippen molar-refractivity contribution in [2.45, 2.75) is 13.3 Å². The van der Waals surface area contributed by atoms with Gasteiger partial charge in [-0.3, -0.25) is 0 Å². The van der Waals surface area contributed by atoms with E-state index < -0.39 is 0 Å². The molecule has 0 saturated heterocycles. The van der Waals surface area contributed by atoms with Crippen molar-refractivity contribution in [3.63, 3.8) is 0 Å². The summed E-state index contributed by atoms with van der Waals surface area (Å²) in [5, 5.41) is 13.8. The van der Waals surface area contributed by atoms with Crippen LogP contribution in [0.5, 0.6) is 0 Å². The lowest BCUT2D eigenvalue weighted by Crippen LogP contribution is -2.02. The molecular formula is C62H42. The Bertz CT molecular complexity index is 3650. The van der Waals surface area contributed by atoms with E-state index in [1.807, 2.05) is 6.08 Å². The summed E-state index contributed by atoms with van der Waals surface area (Å²) >= 11 is 0. The normalized spacial score (nSPS) is 14.1. The number of rotatable bonds is 7. The molecule has 0 bridgehead atoms. The van der Waals surface area contributed by atoms with Crippen LogP contribution in [0.25, 0.3) is 105 Å². The third kappa shape index (κ3) is 6.18. The molecule has 290 valence electrons. The minimum atomic E-state index is 0.756. The molecule has 0 unspecified atom stereocenters. The van der Waals surface area contributed by atoms with Crippen LogP contribution < -0.4 is 5.22 Å². The molecule has 11 rings (SSSR count). The first-order chi connectivity index (χ1) is 30.6. The largest absolute Gasteiger partial charge is 0.115 e. The molecule has 1 aliphatic carbocycles. The maximum atomic E-state index is 6.13. The van der Waals surface area contributed by atoms with E-state index in [0.29, 0.717) is 0 Å². The quantitative estimate of drug-likeness (QED) is 0.111. The second-order valence-corrected chi connectivity index (χ2v) is 16.3. The van der Waals surface area contributed by atoms with Crippen molar-refractivity contribution in [1.82, 2.24) is 0 Å².